The van der Waals surface area contributed by atoms with Gasteiger partial charge in [0.15, 0.2) is 9.84 Å². The number of amides is 1. The van der Waals surface area contributed by atoms with Crippen LogP contribution in [-0.2, 0) is 9.84 Å². The van der Waals surface area contributed by atoms with Gasteiger partial charge in [0.1, 0.15) is 11.6 Å². The van der Waals surface area contributed by atoms with Crippen LogP contribution >= 0.6 is 0 Å². The number of phenolic OH excluding ortho intramolecular Hbond substituents is 1. The van der Waals surface area contributed by atoms with Crippen LogP contribution in [-0.4, -0.2) is 31.2 Å². The van der Waals surface area contributed by atoms with E-state index in [1.807, 2.05) is 26.0 Å². The third kappa shape index (κ3) is 3.62. The predicted octanol–water partition coefficient (Wildman–Crippen LogP) is 2.86. The topological polar surface area (TPSA) is 83.5 Å². The number of hydrogen-bond donors (Lipinski definition) is 2. The summed E-state index contributed by atoms with van der Waals surface area (Å²) in [5, 5.41) is 13.7. The molecule has 0 fully saturated rings. The number of carbonyl (C=O) groups excluding carboxylic acids is 1. The molecule has 0 aliphatic carbocycles. The molecule has 0 bridgehead atoms. The Morgan fingerprint density at radius 1 is 1.19 bits per heavy atom. The first kappa shape index (κ1) is 18.1. The van der Waals surface area contributed by atoms with Crippen LogP contribution in [0, 0.1) is 19.7 Å². The summed E-state index contributed by atoms with van der Waals surface area (Å²) in [5.74, 6) is -2.06. The van der Waals surface area contributed by atoms with Crippen molar-refractivity contribution in [2.45, 2.75) is 19.9 Å². The van der Waals surface area contributed by atoms with E-state index in [-0.39, 0.29) is 22.6 Å². The molecule has 26 heavy (non-hydrogen) atoms. The lowest BCUT2D eigenvalue weighted by atomic mass is 9.98. The average Bonchev–Trinajstić information content (AvgIpc) is 2.90. The van der Waals surface area contributed by atoms with Crippen LogP contribution < -0.4 is 5.32 Å². The number of carbonyl (C=O) groups is 1. The van der Waals surface area contributed by atoms with Crippen molar-refractivity contribution in [3.8, 4) is 16.9 Å². The molecule has 0 radical (unpaired) electrons. The van der Waals surface area contributed by atoms with Crippen molar-refractivity contribution in [2.75, 3.05) is 5.75 Å². The molecule has 3 rings (SSSR count). The molecule has 0 saturated heterocycles. The van der Waals surface area contributed by atoms with Crippen molar-refractivity contribution in [1.29, 1.82) is 0 Å². The molecule has 2 aromatic rings. The summed E-state index contributed by atoms with van der Waals surface area (Å²) in [5.41, 5.74) is 2.65. The van der Waals surface area contributed by atoms with E-state index in [2.05, 4.69) is 5.32 Å². The van der Waals surface area contributed by atoms with Gasteiger partial charge in [-0.3, -0.25) is 4.79 Å². The molecule has 2 N–H and O–H groups in total. The van der Waals surface area contributed by atoms with Gasteiger partial charge in [-0.05, 0) is 48.7 Å². The second-order valence-electron chi connectivity index (χ2n) is 6.39. The molecular weight excluding hydrogens is 357 g/mol. The van der Waals surface area contributed by atoms with Gasteiger partial charge in [0.05, 0.1) is 17.4 Å². The van der Waals surface area contributed by atoms with E-state index >= 15 is 0 Å². The zero-order valence-corrected chi connectivity index (χ0v) is 15.1. The van der Waals surface area contributed by atoms with Crippen LogP contribution in [0.5, 0.6) is 5.75 Å². The van der Waals surface area contributed by atoms with Crippen LogP contribution in [0.25, 0.3) is 11.1 Å². The van der Waals surface area contributed by atoms with Crippen molar-refractivity contribution in [1.82, 2.24) is 5.32 Å². The number of aryl methyl sites for hydroxylation is 2. The number of aromatic hydroxyl groups is 1. The van der Waals surface area contributed by atoms with E-state index in [1.54, 1.807) is 6.07 Å². The van der Waals surface area contributed by atoms with Crippen LogP contribution in [0.1, 0.15) is 21.5 Å². The van der Waals surface area contributed by atoms with E-state index in [9.17, 15) is 22.7 Å². The lowest BCUT2D eigenvalue weighted by Crippen LogP contribution is -2.35. The predicted molar refractivity (Wildman–Crippen MR) is 97.2 cm³/mol. The molecular formula is C19H18FNO4S. The monoisotopic (exact) mass is 375 g/mol. The summed E-state index contributed by atoms with van der Waals surface area (Å²) in [6, 6.07) is 6.92. The Hall–Kier alpha value is -2.67. The number of benzene rings is 2. The van der Waals surface area contributed by atoms with Crippen LogP contribution in [0.4, 0.5) is 4.39 Å². The largest absolute Gasteiger partial charge is 0.507 e. The smallest absolute Gasteiger partial charge is 0.254 e. The van der Waals surface area contributed by atoms with Crippen LogP contribution in [0.15, 0.2) is 41.8 Å². The summed E-state index contributed by atoms with van der Waals surface area (Å²) in [4.78, 5) is 12.2. The molecule has 1 aliphatic heterocycles. The number of halogens is 1. The molecule has 0 spiro atoms. The Labute approximate surface area is 151 Å². The molecule has 0 aromatic heterocycles. The minimum Gasteiger partial charge on any atom is -0.507 e. The Kier molecular flexibility index (Phi) is 4.58. The Balaban J connectivity index is 1.88. The molecule has 1 amide bonds. The minimum absolute atomic E-state index is 0.227. The summed E-state index contributed by atoms with van der Waals surface area (Å²) in [6.07, 6.45) is 1.34. The van der Waals surface area contributed by atoms with Crippen molar-refractivity contribution in [2.24, 2.45) is 0 Å². The fourth-order valence-corrected chi connectivity index (χ4v) is 4.02. The molecule has 1 aliphatic rings. The number of sulfone groups is 1. The first-order valence-electron chi connectivity index (χ1n) is 7.98. The van der Waals surface area contributed by atoms with Gasteiger partial charge in [-0.15, -0.1) is 0 Å². The van der Waals surface area contributed by atoms with Crippen molar-refractivity contribution >= 4 is 15.7 Å². The average molecular weight is 375 g/mol. The summed E-state index contributed by atoms with van der Waals surface area (Å²) in [6.45, 7) is 3.86. The quantitative estimate of drug-likeness (QED) is 0.864. The zero-order chi connectivity index (χ0) is 19.1. The Bertz CT molecular complexity index is 1030. The summed E-state index contributed by atoms with van der Waals surface area (Å²) >= 11 is 0. The second kappa shape index (κ2) is 6.57. The Morgan fingerprint density at radius 3 is 2.54 bits per heavy atom. The fraction of sp³-hybridized carbons (Fsp3) is 0.211. The van der Waals surface area contributed by atoms with Gasteiger partial charge in [-0.25, -0.2) is 12.8 Å². The maximum absolute atomic E-state index is 14.5. The first-order chi connectivity index (χ1) is 12.2. The molecule has 1 heterocycles. The van der Waals surface area contributed by atoms with Gasteiger partial charge in [-0.2, -0.15) is 0 Å². The van der Waals surface area contributed by atoms with Crippen molar-refractivity contribution in [3.05, 3.63) is 64.3 Å². The highest BCUT2D eigenvalue weighted by Gasteiger charge is 2.25. The van der Waals surface area contributed by atoms with Crippen LogP contribution in [0.3, 0.4) is 0 Å². The van der Waals surface area contributed by atoms with E-state index < -0.39 is 27.6 Å². The number of nitrogens with one attached hydrogen (secondary N) is 1. The highest BCUT2D eigenvalue weighted by atomic mass is 32.2. The van der Waals surface area contributed by atoms with Gasteiger partial charge in [0, 0.05) is 11.0 Å². The first-order valence-corrected chi connectivity index (χ1v) is 9.70. The van der Waals surface area contributed by atoms with Gasteiger partial charge < -0.3 is 10.4 Å². The van der Waals surface area contributed by atoms with Crippen molar-refractivity contribution < 1.29 is 22.7 Å². The molecule has 0 saturated carbocycles. The van der Waals surface area contributed by atoms with E-state index in [1.165, 1.54) is 6.08 Å². The fourth-order valence-electron chi connectivity index (χ4n) is 2.79. The third-order valence-corrected chi connectivity index (χ3v) is 5.79. The maximum atomic E-state index is 14.5. The summed E-state index contributed by atoms with van der Waals surface area (Å²) < 4.78 is 37.2. The molecule has 0 unspecified atom stereocenters. The molecule has 5 nitrogen and oxygen atoms in total. The van der Waals surface area contributed by atoms with Gasteiger partial charge >= 0.3 is 0 Å². The standard InChI is InChI=1S/C19H18FNO4S/c1-11-3-4-13(7-12(11)2)15-8-17(20)16(9-18(15)22)19(23)21-14-5-6-26(24,25)10-14/h3-9,14,22H,10H2,1-2H3,(H,21,23)/t14-/m1/s1. The number of phenols is 1. The normalized spacial score (nSPS) is 18.0. The molecule has 7 heteroatoms. The Morgan fingerprint density at radius 2 is 1.92 bits per heavy atom. The highest BCUT2D eigenvalue weighted by Crippen LogP contribution is 2.32. The number of rotatable bonds is 3. The van der Waals surface area contributed by atoms with Gasteiger partial charge in [0.2, 0.25) is 0 Å². The van der Waals surface area contributed by atoms with Gasteiger partial charge in [0.25, 0.3) is 5.91 Å². The summed E-state index contributed by atoms with van der Waals surface area (Å²) in [7, 11) is -3.33. The minimum atomic E-state index is -3.33. The number of hydrogen-bond acceptors (Lipinski definition) is 4. The zero-order valence-electron chi connectivity index (χ0n) is 14.3. The molecule has 1 atom stereocenters. The maximum Gasteiger partial charge on any atom is 0.254 e. The SMILES string of the molecule is Cc1ccc(-c2cc(F)c(C(=O)N[C@@H]3C=CS(=O)(=O)C3)cc2O)cc1C. The lowest BCUT2D eigenvalue weighted by Gasteiger charge is -2.13. The van der Waals surface area contributed by atoms with Crippen molar-refractivity contribution in [3.63, 3.8) is 0 Å². The highest BCUT2D eigenvalue weighted by molar-refractivity contribution is 7.94. The molecule has 2 aromatic carbocycles. The molecule has 136 valence electrons. The lowest BCUT2D eigenvalue weighted by molar-refractivity contribution is 0.0943. The van der Waals surface area contributed by atoms with E-state index in [4.69, 9.17) is 0 Å². The third-order valence-electron chi connectivity index (χ3n) is 4.39. The second-order valence-corrected chi connectivity index (χ2v) is 8.32. The van der Waals surface area contributed by atoms with Gasteiger partial charge in [-0.1, -0.05) is 18.2 Å². The van der Waals surface area contributed by atoms with E-state index in [0.717, 1.165) is 28.7 Å². The van der Waals surface area contributed by atoms with E-state index in [0.29, 0.717) is 5.56 Å². The van der Waals surface area contributed by atoms with Crippen LogP contribution in [0.2, 0.25) is 0 Å².